The lowest BCUT2D eigenvalue weighted by Gasteiger charge is -2.42. The molecule has 2 heterocycles. The molecule has 2 aliphatic carbocycles. The SMILES string of the molecule is N#CC1(C(=O)N2CCC3(CC2)CC(C(=O)N2CCCC2)c2ccccc23)CCCC1. The molecule has 30 heavy (non-hydrogen) atoms. The number of rotatable bonds is 2. The van der Waals surface area contributed by atoms with Gasteiger partial charge in [0.15, 0.2) is 0 Å². The van der Waals surface area contributed by atoms with E-state index in [9.17, 15) is 14.9 Å². The third-order valence-electron chi connectivity index (χ3n) is 8.31. The fourth-order valence-corrected chi connectivity index (χ4v) is 6.54. The van der Waals surface area contributed by atoms with Crippen LogP contribution in [0.1, 0.15) is 74.8 Å². The van der Waals surface area contributed by atoms with Crippen molar-refractivity contribution in [2.24, 2.45) is 5.41 Å². The standard InChI is InChI=1S/C25H31N3O2/c26-18-25(9-3-4-10-25)23(30)28-15-11-24(12-16-28)17-20(19-7-1-2-8-21(19)24)22(29)27-13-5-6-14-27/h1-2,7-8,20H,3-6,9-17H2. The summed E-state index contributed by atoms with van der Waals surface area (Å²) in [5.74, 6) is 0.305. The van der Waals surface area contributed by atoms with Crippen molar-refractivity contribution in [2.45, 2.75) is 69.1 Å². The van der Waals surface area contributed by atoms with Crippen molar-refractivity contribution in [1.29, 1.82) is 5.26 Å². The molecule has 1 aromatic carbocycles. The van der Waals surface area contributed by atoms with E-state index in [1.807, 2.05) is 4.90 Å². The average Bonchev–Trinajstić information content (AvgIpc) is 3.54. The number of fused-ring (bicyclic) bond motifs is 2. The highest BCUT2D eigenvalue weighted by Crippen LogP contribution is 2.53. The van der Waals surface area contributed by atoms with Crippen LogP contribution in [0.4, 0.5) is 0 Å². The van der Waals surface area contributed by atoms with Crippen molar-refractivity contribution < 1.29 is 9.59 Å². The average molecular weight is 406 g/mol. The second kappa shape index (κ2) is 7.41. The van der Waals surface area contributed by atoms with Gasteiger partial charge in [0.1, 0.15) is 5.41 Å². The minimum Gasteiger partial charge on any atom is -0.342 e. The quantitative estimate of drug-likeness (QED) is 0.753. The molecule has 5 heteroatoms. The van der Waals surface area contributed by atoms with E-state index in [0.29, 0.717) is 31.8 Å². The van der Waals surface area contributed by atoms with Crippen LogP contribution in [0.3, 0.4) is 0 Å². The van der Waals surface area contributed by atoms with Crippen LogP contribution in [-0.4, -0.2) is 47.8 Å². The summed E-state index contributed by atoms with van der Waals surface area (Å²) in [6, 6.07) is 10.9. The van der Waals surface area contributed by atoms with Gasteiger partial charge in [-0.2, -0.15) is 5.26 Å². The maximum atomic E-state index is 13.3. The molecule has 0 bridgehead atoms. The van der Waals surface area contributed by atoms with Gasteiger partial charge in [0.25, 0.3) is 0 Å². The van der Waals surface area contributed by atoms with Crippen molar-refractivity contribution in [3.8, 4) is 6.07 Å². The van der Waals surface area contributed by atoms with Gasteiger partial charge in [-0.25, -0.2) is 0 Å². The molecule has 0 radical (unpaired) electrons. The van der Waals surface area contributed by atoms with Crippen LogP contribution in [0, 0.1) is 16.7 Å². The summed E-state index contributed by atoms with van der Waals surface area (Å²) in [7, 11) is 0. The fraction of sp³-hybridized carbons (Fsp3) is 0.640. The fourth-order valence-electron chi connectivity index (χ4n) is 6.54. The van der Waals surface area contributed by atoms with Gasteiger partial charge < -0.3 is 9.80 Å². The molecule has 3 fully saturated rings. The summed E-state index contributed by atoms with van der Waals surface area (Å²) in [5, 5.41) is 9.71. The Bertz CT molecular complexity index is 882. The number of nitriles is 1. The number of nitrogens with zero attached hydrogens (tertiary/aromatic N) is 3. The Hall–Kier alpha value is -2.35. The number of likely N-dealkylation sites (tertiary alicyclic amines) is 2. The molecule has 1 spiro atoms. The number of hydrogen-bond acceptors (Lipinski definition) is 3. The Balaban J connectivity index is 1.35. The molecule has 158 valence electrons. The van der Waals surface area contributed by atoms with E-state index >= 15 is 0 Å². The molecule has 2 aliphatic heterocycles. The highest BCUT2D eigenvalue weighted by Gasteiger charge is 2.51. The van der Waals surface area contributed by atoms with Gasteiger partial charge in [-0.15, -0.1) is 0 Å². The van der Waals surface area contributed by atoms with Crippen molar-refractivity contribution >= 4 is 11.8 Å². The molecule has 4 aliphatic rings. The van der Waals surface area contributed by atoms with Gasteiger partial charge in [0, 0.05) is 31.6 Å². The number of piperidine rings is 1. The monoisotopic (exact) mass is 405 g/mol. The van der Waals surface area contributed by atoms with E-state index in [2.05, 4.69) is 35.2 Å². The number of benzene rings is 1. The molecule has 2 saturated heterocycles. The number of amides is 2. The molecule has 0 N–H and O–H groups in total. The first-order valence-corrected chi connectivity index (χ1v) is 11.7. The van der Waals surface area contributed by atoms with Crippen molar-refractivity contribution in [1.82, 2.24) is 9.80 Å². The van der Waals surface area contributed by atoms with Gasteiger partial charge in [0.2, 0.25) is 11.8 Å². The van der Waals surface area contributed by atoms with Gasteiger partial charge in [-0.1, -0.05) is 37.1 Å². The highest BCUT2D eigenvalue weighted by molar-refractivity contribution is 5.87. The van der Waals surface area contributed by atoms with Crippen molar-refractivity contribution in [2.75, 3.05) is 26.2 Å². The molecule has 1 atom stereocenters. The molecule has 5 nitrogen and oxygen atoms in total. The van der Waals surface area contributed by atoms with E-state index in [-0.39, 0.29) is 17.2 Å². The highest BCUT2D eigenvalue weighted by atomic mass is 16.2. The third kappa shape index (κ3) is 2.95. The summed E-state index contributed by atoms with van der Waals surface area (Å²) in [5.41, 5.74) is 1.74. The molecule has 2 amide bonds. The minimum atomic E-state index is -0.785. The van der Waals surface area contributed by atoms with E-state index < -0.39 is 5.41 Å². The first kappa shape index (κ1) is 19.6. The molecule has 1 saturated carbocycles. The molecular weight excluding hydrogens is 374 g/mol. The zero-order valence-corrected chi connectivity index (χ0v) is 17.7. The summed E-state index contributed by atoms with van der Waals surface area (Å²) >= 11 is 0. The second-order valence-electron chi connectivity index (χ2n) is 9.85. The minimum absolute atomic E-state index is 0.0110. The topological polar surface area (TPSA) is 64.4 Å². The summed E-state index contributed by atoms with van der Waals surface area (Å²) in [4.78, 5) is 30.5. The largest absolute Gasteiger partial charge is 0.342 e. The lowest BCUT2D eigenvalue weighted by molar-refractivity contribution is -0.141. The van der Waals surface area contributed by atoms with Gasteiger partial charge in [0.05, 0.1) is 12.0 Å². The van der Waals surface area contributed by atoms with Crippen LogP contribution in [0.15, 0.2) is 24.3 Å². The van der Waals surface area contributed by atoms with Gasteiger partial charge in [-0.05, 0) is 56.1 Å². The Morgan fingerprint density at radius 1 is 0.900 bits per heavy atom. The Labute approximate surface area is 179 Å². The van der Waals surface area contributed by atoms with Crippen molar-refractivity contribution in [3.05, 3.63) is 35.4 Å². The first-order chi connectivity index (χ1) is 14.6. The van der Waals surface area contributed by atoms with Crippen LogP contribution < -0.4 is 0 Å². The molecule has 1 aromatic rings. The van der Waals surface area contributed by atoms with E-state index in [0.717, 1.165) is 58.0 Å². The normalized spacial score (nSPS) is 26.6. The Morgan fingerprint density at radius 2 is 1.57 bits per heavy atom. The maximum absolute atomic E-state index is 13.3. The maximum Gasteiger partial charge on any atom is 0.243 e. The molecule has 1 unspecified atom stereocenters. The third-order valence-corrected chi connectivity index (χ3v) is 8.31. The van der Waals surface area contributed by atoms with Crippen LogP contribution in [-0.2, 0) is 15.0 Å². The van der Waals surface area contributed by atoms with Crippen LogP contribution in [0.2, 0.25) is 0 Å². The van der Waals surface area contributed by atoms with Crippen LogP contribution in [0.25, 0.3) is 0 Å². The van der Waals surface area contributed by atoms with Gasteiger partial charge in [-0.3, -0.25) is 9.59 Å². The summed E-state index contributed by atoms with van der Waals surface area (Å²) < 4.78 is 0. The van der Waals surface area contributed by atoms with Gasteiger partial charge >= 0.3 is 0 Å². The summed E-state index contributed by atoms with van der Waals surface area (Å²) in [6.45, 7) is 3.18. The van der Waals surface area contributed by atoms with Crippen LogP contribution in [0.5, 0.6) is 0 Å². The number of carbonyl (C=O) groups is 2. The first-order valence-electron chi connectivity index (χ1n) is 11.7. The lowest BCUT2D eigenvalue weighted by atomic mass is 9.72. The van der Waals surface area contributed by atoms with E-state index in [1.165, 1.54) is 11.1 Å². The Kier molecular flexibility index (Phi) is 4.84. The zero-order chi connectivity index (χ0) is 20.8. The second-order valence-corrected chi connectivity index (χ2v) is 9.85. The van der Waals surface area contributed by atoms with Crippen LogP contribution >= 0.6 is 0 Å². The van der Waals surface area contributed by atoms with Crippen molar-refractivity contribution in [3.63, 3.8) is 0 Å². The predicted octanol–water partition coefficient (Wildman–Crippen LogP) is 3.74. The predicted molar refractivity (Wildman–Crippen MR) is 114 cm³/mol. The molecular formula is C25H31N3O2. The van der Waals surface area contributed by atoms with E-state index in [4.69, 9.17) is 0 Å². The number of hydrogen-bond donors (Lipinski definition) is 0. The van der Waals surface area contributed by atoms with E-state index in [1.54, 1.807) is 0 Å². The lowest BCUT2D eigenvalue weighted by Crippen LogP contribution is -2.49. The molecule has 0 aromatic heterocycles. The number of carbonyl (C=O) groups excluding carboxylic acids is 2. The molecule has 5 rings (SSSR count). The zero-order valence-electron chi connectivity index (χ0n) is 17.7. The Morgan fingerprint density at radius 3 is 2.23 bits per heavy atom. The smallest absolute Gasteiger partial charge is 0.243 e. The summed E-state index contributed by atoms with van der Waals surface area (Å²) in [6.07, 6.45) is 8.25.